The lowest BCUT2D eigenvalue weighted by molar-refractivity contribution is 0.183. The zero-order chi connectivity index (χ0) is 16.1. The minimum Gasteiger partial charge on any atom is -0.383 e. The highest BCUT2D eigenvalue weighted by Gasteiger charge is 2.25. The Kier molecular flexibility index (Phi) is 4.87. The summed E-state index contributed by atoms with van der Waals surface area (Å²) in [5.41, 5.74) is 2.90. The summed E-state index contributed by atoms with van der Waals surface area (Å²) in [4.78, 5) is 16.1. The molecule has 2 N–H and O–H groups in total. The van der Waals surface area contributed by atoms with Gasteiger partial charge in [-0.05, 0) is 37.0 Å². The van der Waals surface area contributed by atoms with Crippen LogP contribution in [0.3, 0.4) is 0 Å². The molecule has 0 aliphatic heterocycles. The molecule has 2 amide bonds. The number of hydrogen-bond acceptors (Lipinski definition) is 4. The standard InChI is InChI=1S/C16H21N5O2/c1-23-10-9-21-11-12-3-2-4-14(15(12)20-21)19-16(22)18-13-5-7-17-8-6-13/h5-8,11,14H,2-4,9-10H2,1H3,(H2,17,18,19,22)/t14-/m1/s1. The van der Waals surface area contributed by atoms with Crippen LogP contribution in [-0.4, -0.2) is 34.5 Å². The first-order valence-electron chi connectivity index (χ1n) is 7.79. The van der Waals surface area contributed by atoms with E-state index in [0.717, 1.165) is 37.2 Å². The molecule has 122 valence electrons. The van der Waals surface area contributed by atoms with Crippen LogP contribution in [0.1, 0.15) is 30.1 Å². The van der Waals surface area contributed by atoms with Gasteiger partial charge in [-0.25, -0.2) is 4.79 Å². The van der Waals surface area contributed by atoms with Gasteiger partial charge in [0.2, 0.25) is 0 Å². The molecule has 2 heterocycles. The Morgan fingerprint density at radius 3 is 3.04 bits per heavy atom. The molecule has 0 bridgehead atoms. The van der Waals surface area contributed by atoms with Crippen molar-refractivity contribution >= 4 is 11.7 Å². The molecule has 1 atom stereocenters. The predicted molar refractivity (Wildman–Crippen MR) is 86.2 cm³/mol. The largest absolute Gasteiger partial charge is 0.383 e. The Balaban J connectivity index is 1.65. The first-order valence-corrected chi connectivity index (χ1v) is 7.79. The zero-order valence-corrected chi connectivity index (χ0v) is 13.2. The second kappa shape index (κ2) is 7.23. The molecule has 0 aromatic carbocycles. The van der Waals surface area contributed by atoms with Gasteiger partial charge in [0, 0.05) is 31.4 Å². The van der Waals surface area contributed by atoms with E-state index < -0.39 is 0 Å². The highest BCUT2D eigenvalue weighted by atomic mass is 16.5. The molecule has 0 fully saturated rings. The maximum absolute atomic E-state index is 12.2. The van der Waals surface area contributed by atoms with Gasteiger partial charge < -0.3 is 15.4 Å². The summed E-state index contributed by atoms with van der Waals surface area (Å²) >= 11 is 0. The van der Waals surface area contributed by atoms with E-state index in [2.05, 4.69) is 26.9 Å². The number of hydrogen-bond donors (Lipinski definition) is 2. The van der Waals surface area contributed by atoms with Crippen LogP contribution >= 0.6 is 0 Å². The van der Waals surface area contributed by atoms with E-state index in [4.69, 9.17) is 4.74 Å². The summed E-state index contributed by atoms with van der Waals surface area (Å²) in [6.07, 6.45) is 8.30. The van der Waals surface area contributed by atoms with Crippen LogP contribution < -0.4 is 10.6 Å². The van der Waals surface area contributed by atoms with Gasteiger partial charge in [0.25, 0.3) is 0 Å². The summed E-state index contributed by atoms with van der Waals surface area (Å²) in [5, 5.41) is 10.4. The average Bonchev–Trinajstić information content (AvgIpc) is 2.98. The van der Waals surface area contributed by atoms with Crippen LogP contribution in [0.2, 0.25) is 0 Å². The summed E-state index contributed by atoms with van der Waals surface area (Å²) < 4.78 is 6.99. The molecule has 23 heavy (non-hydrogen) atoms. The third kappa shape index (κ3) is 3.87. The van der Waals surface area contributed by atoms with E-state index in [1.54, 1.807) is 31.6 Å². The molecule has 3 rings (SSSR count). The fraction of sp³-hybridized carbons (Fsp3) is 0.438. The Bertz CT molecular complexity index is 656. The third-order valence-electron chi connectivity index (χ3n) is 3.91. The number of nitrogens with one attached hydrogen (secondary N) is 2. The quantitative estimate of drug-likeness (QED) is 0.885. The summed E-state index contributed by atoms with van der Waals surface area (Å²) in [6, 6.07) is 3.24. The maximum atomic E-state index is 12.2. The molecule has 0 saturated heterocycles. The Labute approximate surface area is 135 Å². The molecular formula is C16H21N5O2. The molecule has 7 heteroatoms. The Hall–Kier alpha value is -2.41. The number of fused-ring (bicyclic) bond motifs is 1. The van der Waals surface area contributed by atoms with Crippen molar-refractivity contribution in [2.24, 2.45) is 0 Å². The molecule has 2 aromatic rings. The van der Waals surface area contributed by atoms with E-state index >= 15 is 0 Å². The highest BCUT2D eigenvalue weighted by molar-refractivity contribution is 5.89. The van der Waals surface area contributed by atoms with Crippen molar-refractivity contribution in [1.29, 1.82) is 0 Å². The number of aromatic nitrogens is 3. The lowest BCUT2D eigenvalue weighted by atomic mass is 9.94. The Morgan fingerprint density at radius 2 is 2.26 bits per heavy atom. The topological polar surface area (TPSA) is 81.1 Å². The Morgan fingerprint density at radius 1 is 1.43 bits per heavy atom. The number of urea groups is 1. The number of ether oxygens (including phenoxy) is 1. The number of carbonyl (C=O) groups excluding carboxylic acids is 1. The van der Waals surface area contributed by atoms with Crippen LogP contribution in [0.5, 0.6) is 0 Å². The SMILES string of the molecule is COCCn1cc2c(n1)[C@H](NC(=O)Nc1ccncc1)CCC2. The predicted octanol–water partition coefficient (Wildman–Crippen LogP) is 2.12. The van der Waals surface area contributed by atoms with Crippen molar-refractivity contribution in [3.05, 3.63) is 42.0 Å². The van der Waals surface area contributed by atoms with Gasteiger partial charge in [-0.3, -0.25) is 9.67 Å². The van der Waals surface area contributed by atoms with Gasteiger partial charge in [0.15, 0.2) is 0 Å². The lowest BCUT2D eigenvalue weighted by Crippen LogP contribution is -2.34. The van der Waals surface area contributed by atoms with Crippen molar-refractivity contribution in [3.63, 3.8) is 0 Å². The van der Waals surface area contributed by atoms with E-state index in [9.17, 15) is 4.79 Å². The molecule has 1 aliphatic rings. The summed E-state index contributed by atoms with van der Waals surface area (Å²) in [5.74, 6) is 0. The maximum Gasteiger partial charge on any atom is 0.319 e. The summed E-state index contributed by atoms with van der Waals surface area (Å²) in [6.45, 7) is 1.35. The van der Waals surface area contributed by atoms with Crippen molar-refractivity contribution in [3.8, 4) is 0 Å². The minimum absolute atomic E-state index is 0.0515. The molecule has 2 aromatic heterocycles. The fourth-order valence-electron chi connectivity index (χ4n) is 2.80. The molecule has 7 nitrogen and oxygen atoms in total. The number of nitrogens with zero attached hydrogens (tertiary/aromatic N) is 3. The number of anilines is 1. The number of amides is 2. The third-order valence-corrected chi connectivity index (χ3v) is 3.91. The van der Waals surface area contributed by atoms with Gasteiger partial charge in [-0.1, -0.05) is 0 Å². The molecule has 0 spiro atoms. The van der Waals surface area contributed by atoms with Crippen molar-refractivity contribution < 1.29 is 9.53 Å². The van der Waals surface area contributed by atoms with Crippen molar-refractivity contribution in [1.82, 2.24) is 20.1 Å². The van der Waals surface area contributed by atoms with E-state index in [-0.39, 0.29) is 12.1 Å². The second-order valence-corrected chi connectivity index (χ2v) is 5.57. The van der Waals surface area contributed by atoms with Gasteiger partial charge in [-0.15, -0.1) is 0 Å². The molecular weight excluding hydrogens is 294 g/mol. The smallest absolute Gasteiger partial charge is 0.319 e. The average molecular weight is 315 g/mol. The lowest BCUT2D eigenvalue weighted by Gasteiger charge is -2.22. The van der Waals surface area contributed by atoms with E-state index in [1.165, 1.54) is 5.56 Å². The van der Waals surface area contributed by atoms with Gasteiger partial charge in [-0.2, -0.15) is 5.10 Å². The van der Waals surface area contributed by atoms with Crippen molar-refractivity contribution in [2.45, 2.75) is 31.8 Å². The van der Waals surface area contributed by atoms with Crippen LogP contribution in [0.25, 0.3) is 0 Å². The first-order chi connectivity index (χ1) is 11.3. The molecule has 0 saturated carbocycles. The van der Waals surface area contributed by atoms with Crippen molar-refractivity contribution in [2.75, 3.05) is 19.0 Å². The molecule has 1 aliphatic carbocycles. The zero-order valence-electron chi connectivity index (χ0n) is 13.2. The number of carbonyl (C=O) groups is 1. The normalized spacial score (nSPS) is 16.7. The van der Waals surface area contributed by atoms with Crippen LogP contribution in [0.15, 0.2) is 30.7 Å². The monoisotopic (exact) mass is 315 g/mol. The van der Waals surface area contributed by atoms with Crippen LogP contribution in [0, 0.1) is 0 Å². The van der Waals surface area contributed by atoms with Gasteiger partial charge >= 0.3 is 6.03 Å². The van der Waals surface area contributed by atoms with E-state index in [1.807, 2.05) is 4.68 Å². The minimum atomic E-state index is -0.222. The summed E-state index contributed by atoms with van der Waals surface area (Å²) in [7, 11) is 1.68. The first kappa shape index (κ1) is 15.5. The number of aryl methyl sites for hydroxylation is 1. The number of pyridine rings is 1. The highest BCUT2D eigenvalue weighted by Crippen LogP contribution is 2.28. The van der Waals surface area contributed by atoms with Gasteiger partial charge in [0.05, 0.1) is 24.9 Å². The van der Waals surface area contributed by atoms with Crippen LogP contribution in [0.4, 0.5) is 10.5 Å². The van der Waals surface area contributed by atoms with E-state index in [0.29, 0.717) is 6.61 Å². The van der Waals surface area contributed by atoms with Crippen LogP contribution in [-0.2, 0) is 17.7 Å². The van der Waals surface area contributed by atoms with Gasteiger partial charge in [0.1, 0.15) is 0 Å². The molecule has 0 unspecified atom stereocenters. The number of rotatable bonds is 5. The number of methoxy groups -OCH3 is 1. The molecule has 0 radical (unpaired) electrons. The fourth-order valence-corrected chi connectivity index (χ4v) is 2.80. The second-order valence-electron chi connectivity index (χ2n) is 5.57.